The summed E-state index contributed by atoms with van der Waals surface area (Å²) in [6.07, 6.45) is 8.27. The van der Waals surface area contributed by atoms with Crippen LogP contribution in [0.1, 0.15) is 30.9 Å². The van der Waals surface area contributed by atoms with E-state index in [0.717, 1.165) is 36.8 Å². The Kier molecular flexibility index (Phi) is 4.05. The molecular weight excluding hydrogens is 306 g/mol. The number of fused-ring (bicyclic) bond motifs is 1. The predicted molar refractivity (Wildman–Crippen MR) is 88.4 cm³/mol. The zero-order valence-electron chi connectivity index (χ0n) is 14.1. The van der Waals surface area contributed by atoms with Crippen molar-refractivity contribution in [2.45, 2.75) is 38.8 Å². The van der Waals surface area contributed by atoms with Gasteiger partial charge in [-0.25, -0.2) is 0 Å². The highest BCUT2D eigenvalue weighted by molar-refractivity contribution is 5.95. The SMILES string of the molecule is Cn1cc(N2CCN(Cc3nnc4n3CCCCC4)CC2=O)cn1. The molecule has 0 unspecified atom stereocenters. The van der Waals surface area contributed by atoms with Gasteiger partial charge in [0.05, 0.1) is 25.0 Å². The lowest BCUT2D eigenvalue weighted by atomic mass is 10.2. The molecule has 0 radical (unpaired) electrons. The van der Waals surface area contributed by atoms with Crippen molar-refractivity contribution < 1.29 is 4.79 Å². The Labute approximate surface area is 141 Å². The predicted octanol–water partition coefficient (Wildman–Crippen LogP) is 0.587. The Morgan fingerprint density at radius 1 is 1.12 bits per heavy atom. The summed E-state index contributed by atoms with van der Waals surface area (Å²) < 4.78 is 3.98. The zero-order chi connectivity index (χ0) is 16.5. The van der Waals surface area contributed by atoms with E-state index in [1.54, 1.807) is 10.9 Å². The number of anilines is 1. The number of piperazine rings is 1. The van der Waals surface area contributed by atoms with Gasteiger partial charge in [-0.2, -0.15) is 5.10 Å². The van der Waals surface area contributed by atoms with Crippen LogP contribution in [0.3, 0.4) is 0 Å². The van der Waals surface area contributed by atoms with Crippen molar-refractivity contribution in [2.24, 2.45) is 7.05 Å². The third-order valence-electron chi connectivity index (χ3n) is 4.85. The highest BCUT2D eigenvalue weighted by atomic mass is 16.2. The van der Waals surface area contributed by atoms with Crippen molar-refractivity contribution in [1.82, 2.24) is 29.4 Å². The Balaban J connectivity index is 1.43. The minimum absolute atomic E-state index is 0.116. The normalized spacial score (nSPS) is 19.4. The lowest BCUT2D eigenvalue weighted by Crippen LogP contribution is -2.50. The highest BCUT2D eigenvalue weighted by Gasteiger charge is 2.27. The molecule has 0 bridgehead atoms. The molecule has 0 aromatic carbocycles. The number of aryl methyl sites for hydroxylation is 2. The van der Waals surface area contributed by atoms with E-state index < -0.39 is 0 Å². The van der Waals surface area contributed by atoms with Crippen LogP contribution >= 0.6 is 0 Å². The van der Waals surface area contributed by atoms with Crippen molar-refractivity contribution >= 4 is 11.6 Å². The fraction of sp³-hybridized carbons (Fsp3) is 0.625. The molecule has 0 spiro atoms. The average molecular weight is 329 g/mol. The third kappa shape index (κ3) is 2.93. The van der Waals surface area contributed by atoms with Gasteiger partial charge in [-0.3, -0.25) is 14.4 Å². The maximum Gasteiger partial charge on any atom is 0.241 e. The molecule has 1 amide bonds. The average Bonchev–Trinajstić information content (AvgIpc) is 3.07. The zero-order valence-corrected chi connectivity index (χ0v) is 14.1. The fourth-order valence-corrected chi connectivity index (χ4v) is 3.54. The molecule has 0 atom stereocenters. The first-order valence-electron chi connectivity index (χ1n) is 8.63. The first kappa shape index (κ1) is 15.3. The molecule has 24 heavy (non-hydrogen) atoms. The number of amides is 1. The van der Waals surface area contributed by atoms with Gasteiger partial charge in [-0.15, -0.1) is 10.2 Å². The van der Waals surface area contributed by atoms with Crippen LogP contribution in [0.5, 0.6) is 0 Å². The number of nitrogens with zero attached hydrogens (tertiary/aromatic N) is 7. The van der Waals surface area contributed by atoms with E-state index in [4.69, 9.17) is 0 Å². The lowest BCUT2D eigenvalue weighted by Gasteiger charge is -2.33. The van der Waals surface area contributed by atoms with Crippen LogP contribution < -0.4 is 4.90 Å². The Bertz CT molecular complexity index is 735. The molecule has 0 N–H and O–H groups in total. The number of aromatic nitrogens is 5. The van der Waals surface area contributed by atoms with E-state index in [-0.39, 0.29) is 5.91 Å². The highest BCUT2D eigenvalue weighted by Crippen LogP contribution is 2.19. The summed E-state index contributed by atoms with van der Waals surface area (Å²) in [5.74, 6) is 2.21. The second kappa shape index (κ2) is 6.35. The van der Waals surface area contributed by atoms with Gasteiger partial charge in [-0.05, 0) is 12.8 Å². The van der Waals surface area contributed by atoms with E-state index in [1.807, 2.05) is 18.1 Å². The van der Waals surface area contributed by atoms with E-state index >= 15 is 0 Å². The molecule has 1 fully saturated rings. The molecule has 1 saturated heterocycles. The number of hydrogen-bond acceptors (Lipinski definition) is 5. The molecule has 2 aromatic rings. The van der Waals surface area contributed by atoms with Gasteiger partial charge < -0.3 is 9.47 Å². The molecule has 128 valence electrons. The quantitative estimate of drug-likeness (QED) is 0.824. The minimum atomic E-state index is 0.116. The summed E-state index contributed by atoms with van der Waals surface area (Å²) in [5, 5.41) is 12.9. The molecule has 8 heteroatoms. The topological polar surface area (TPSA) is 72.1 Å². The summed E-state index contributed by atoms with van der Waals surface area (Å²) in [5.41, 5.74) is 0.874. The van der Waals surface area contributed by atoms with Crippen LogP contribution in [-0.4, -0.2) is 55.0 Å². The maximum atomic E-state index is 12.5. The van der Waals surface area contributed by atoms with E-state index in [9.17, 15) is 4.79 Å². The molecule has 0 saturated carbocycles. The van der Waals surface area contributed by atoms with Crippen LogP contribution in [0.15, 0.2) is 12.4 Å². The summed E-state index contributed by atoms with van der Waals surface area (Å²) in [6.45, 7) is 3.63. The summed E-state index contributed by atoms with van der Waals surface area (Å²) in [4.78, 5) is 16.5. The maximum absolute atomic E-state index is 12.5. The van der Waals surface area contributed by atoms with Gasteiger partial charge in [0.1, 0.15) is 11.6 Å². The van der Waals surface area contributed by atoms with Crippen LogP contribution in [0, 0.1) is 0 Å². The van der Waals surface area contributed by atoms with Gasteiger partial charge >= 0.3 is 0 Å². The number of hydrogen-bond donors (Lipinski definition) is 0. The van der Waals surface area contributed by atoms with Crippen molar-refractivity contribution in [3.8, 4) is 0 Å². The van der Waals surface area contributed by atoms with Gasteiger partial charge in [-0.1, -0.05) is 6.42 Å². The lowest BCUT2D eigenvalue weighted by molar-refractivity contribution is -0.121. The first-order valence-corrected chi connectivity index (χ1v) is 8.63. The van der Waals surface area contributed by atoms with E-state index in [0.29, 0.717) is 19.6 Å². The van der Waals surface area contributed by atoms with Crippen LogP contribution in [-0.2, 0) is 31.4 Å². The summed E-state index contributed by atoms with van der Waals surface area (Å²) >= 11 is 0. The number of rotatable bonds is 3. The van der Waals surface area contributed by atoms with E-state index in [2.05, 4.69) is 24.8 Å². The smallest absolute Gasteiger partial charge is 0.241 e. The number of carbonyl (C=O) groups is 1. The Morgan fingerprint density at radius 3 is 2.83 bits per heavy atom. The standard InChI is InChI=1S/C16H23N7O/c1-20-10-13(9-17-20)22-8-7-21(12-16(22)24)11-15-19-18-14-5-3-2-4-6-23(14)15/h9-10H,2-8,11-12H2,1H3. The second-order valence-electron chi connectivity index (χ2n) is 6.62. The molecule has 2 aromatic heterocycles. The second-order valence-corrected chi connectivity index (χ2v) is 6.62. The van der Waals surface area contributed by atoms with Crippen LogP contribution in [0.4, 0.5) is 5.69 Å². The van der Waals surface area contributed by atoms with Crippen LogP contribution in [0.2, 0.25) is 0 Å². The molecule has 8 nitrogen and oxygen atoms in total. The van der Waals surface area contributed by atoms with Crippen molar-refractivity contribution in [1.29, 1.82) is 0 Å². The van der Waals surface area contributed by atoms with Gasteiger partial charge in [0.2, 0.25) is 5.91 Å². The summed E-state index contributed by atoms with van der Waals surface area (Å²) in [7, 11) is 1.86. The van der Waals surface area contributed by atoms with Gasteiger partial charge in [0, 0.05) is 39.3 Å². The first-order chi connectivity index (χ1) is 11.7. The molecule has 0 aliphatic carbocycles. The van der Waals surface area contributed by atoms with E-state index in [1.165, 1.54) is 19.3 Å². The molecule has 4 heterocycles. The van der Waals surface area contributed by atoms with Crippen LogP contribution in [0.25, 0.3) is 0 Å². The van der Waals surface area contributed by atoms with Gasteiger partial charge in [0.15, 0.2) is 0 Å². The Hall–Kier alpha value is -2.22. The summed E-state index contributed by atoms with van der Waals surface area (Å²) in [6, 6.07) is 0. The molecular formula is C16H23N7O. The van der Waals surface area contributed by atoms with Crippen molar-refractivity contribution in [3.63, 3.8) is 0 Å². The van der Waals surface area contributed by atoms with Gasteiger partial charge in [0.25, 0.3) is 0 Å². The molecule has 2 aliphatic rings. The monoisotopic (exact) mass is 329 g/mol. The minimum Gasteiger partial charge on any atom is -0.314 e. The largest absolute Gasteiger partial charge is 0.314 e. The third-order valence-corrected chi connectivity index (χ3v) is 4.85. The molecule has 4 rings (SSSR count). The fourth-order valence-electron chi connectivity index (χ4n) is 3.54. The molecule has 2 aliphatic heterocycles. The number of carbonyl (C=O) groups excluding carboxylic acids is 1. The van der Waals surface area contributed by atoms with Crippen molar-refractivity contribution in [3.05, 3.63) is 24.0 Å². The Morgan fingerprint density at radius 2 is 2.04 bits per heavy atom. The van der Waals surface area contributed by atoms with Crippen molar-refractivity contribution in [2.75, 3.05) is 24.5 Å².